The van der Waals surface area contributed by atoms with Gasteiger partial charge in [-0.05, 0) is 39.7 Å². The lowest BCUT2D eigenvalue weighted by Gasteiger charge is -2.27. The van der Waals surface area contributed by atoms with Crippen molar-refractivity contribution in [3.63, 3.8) is 0 Å². The van der Waals surface area contributed by atoms with Crippen LogP contribution in [0.4, 0.5) is 0 Å². The number of rotatable bonds is 10. The number of hydrogen-bond donors (Lipinski definition) is 5. The zero-order chi connectivity index (χ0) is 16.1. The molecule has 20 heavy (non-hydrogen) atoms. The maximum Gasteiger partial charge on any atom is 0.0743 e. The normalized spacial score (nSPS) is 16.8. The Balaban J connectivity index is 0. The molecule has 2 unspecified atom stereocenters. The van der Waals surface area contributed by atoms with E-state index < -0.39 is 11.2 Å². The van der Waals surface area contributed by atoms with Crippen molar-refractivity contribution in [1.29, 1.82) is 0 Å². The quantitative estimate of drug-likeness (QED) is 0.414. The maximum atomic E-state index is 9.90. The summed E-state index contributed by atoms with van der Waals surface area (Å²) in [5.41, 5.74) is 3.67. The van der Waals surface area contributed by atoms with Crippen LogP contribution in [0.3, 0.4) is 0 Å². The summed E-state index contributed by atoms with van der Waals surface area (Å²) in [5, 5.41) is 30.9. The van der Waals surface area contributed by atoms with Crippen molar-refractivity contribution < 1.29 is 15.3 Å². The van der Waals surface area contributed by atoms with E-state index in [1.807, 2.05) is 13.8 Å². The number of nitrogens with one attached hydrogen (secondary N) is 1. The van der Waals surface area contributed by atoms with E-state index >= 15 is 0 Å². The summed E-state index contributed by atoms with van der Waals surface area (Å²) in [5.74, 6) is 0. The van der Waals surface area contributed by atoms with Gasteiger partial charge in [0.25, 0.3) is 0 Å². The first-order valence-electron chi connectivity index (χ1n) is 7.71. The molecule has 2 atom stereocenters. The molecule has 0 heterocycles. The van der Waals surface area contributed by atoms with Crippen LogP contribution < -0.4 is 11.1 Å². The van der Waals surface area contributed by atoms with Crippen LogP contribution in [0, 0.1) is 0 Å². The van der Waals surface area contributed by atoms with Gasteiger partial charge in [-0.2, -0.15) is 0 Å². The van der Waals surface area contributed by atoms with Crippen molar-refractivity contribution in [3.8, 4) is 0 Å². The van der Waals surface area contributed by atoms with Crippen molar-refractivity contribution in [3.05, 3.63) is 0 Å². The molecule has 0 radical (unpaired) electrons. The smallest absolute Gasteiger partial charge is 0.0743 e. The zero-order valence-electron chi connectivity index (χ0n) is 13.8. The van der Waals surface area contributed by atoms with Crippen LogP contribution >= 0.6 is 0 Å². The Labute approximate surface area is 124 Å². The summed E-state index contributed by atoms with van der Waals surface area (Å²) < 4.78 is 0. The van der Waals surface area contributed by atoms with Gasteiger partial charge in [-0.25, -0.2) is 0 Å². The third-order valence-corrected chi connectivity index (χ3v) is 2.95. The Hall–Kier alpha value is -0.200. The van der Waals surface area contributed by atoms with Crippen LogP contribution in [0.2, 0.25) is 0 Å². The van der Waals surface area contributed by atoms with Gasteiger partial charge >= 0.3 is 0 Å². The van der Waals surface area contributed by atoms with Crippen LogP contribution in [0.1, 0.15) is 59.8 Å². The average molecular weight is 292 g/mol. The minimum absolute atomic E-state index is 0.219. The highest BCUT2D eigenvalue weighted by Crippen LogP contribution is 2.13. The van der Waals surface area contributed by atoms with Gasteiger partial charge in [0.15, 0.2) is 0 Å². The standard InChI is InChI=1S/C12H27NO2.C3H9NO/c1-5-7-11(3,14)9-13-10-12(4,15)8-6-2;4-2-1-3-5/h13-15H,5-10H2,1-4H3;5H,1-4H2. The van der Waals surface area contributed by atoms with E-state index in [1.54, 1.807) is 0 Å². The van der Waals surface area contributed by atoms with E-state index in [1.165, 1.54) is 0 Å². The molecule has 0 aromatic heterocycles. The molecule has 0 saturated heterocycles. The molecule has 0 amide bonds. The predicted molar refractivity (Wildman–Crippen MR) is 84.7 cm³/mol. The van der Waals surface area contributed by atoms with Crippen molar-refractivity contribution in [1.82, 2.24) is 5.32 Å². The fourth-order valence-electron chi connectivity index (χ4n) is 1.95. The largest absolute Gasteiger partial charge is 0.396 e. The summed E-state index contributed by atoms with van der Waals surface area (Å²) in [6.07, 6.45) is 4.24. The molecule has 0 bridgehead atoms. The molecule has 5 heteroatoms. The van der Waals surface area contributed by atoms with E-state index in [9.17, 15) is 10.2 Å². The van der Waals surface area contributed by atoms with Gasteiger partial charge in [0.05, 0.1) is 11.2 Å². The maximum absolute atomic E-state index is 9.90. The van der Waals surface area contributed by atoms with Crippen molar-refractivity contribution in [2.24, 2.45) is 5.73 Å². The Morgan fingerprint density at radius 3 is 1.55 bits per heavy atom. The van der Waals surface area contributed by atoms with Gasteiger partial charge < -0.3 is 26.4 Å². The summed E-state index contributed by atoms with van der Waals surface area (Å²) in [6, 6.07) is 0. The molecule has 0 spiro atoms. The molecular weight excluding hydrogens is 256 g/mol. The van der Waals surface area contributed by atoms with Crippen molar-refractivity contribution >= 4 is 0 Å². The Morgan fingerprint density at radius 2 is 1.35 bits per heavy atom. The molecular formula is C15H36N2O3. The molecule has 0 fully saturated rings. The highest BCUT2D eigenvalue weighted by molar-refractivity contribution is 4.79. The minimum Gasteiger partial charge on any atom is -0.396 e. The Morgan fingerprint density at radius 1 is 0.950 bits per heavy atom. The second-order valence-corrected chi connectivity index (χ2v) is 5.96. The zero-order valence-corrected chi connectivity index (χ0v) is 13.8. The lowest BCUT2D eigenvalue weighted by molar-refractivity contribution is 0.0248. The number of aliphatic hydroxyl groups excluding tert-OH is 1. The third-order valence-electron chi connectivity index (χ3n) is 2.95. The number of hydrogen-bond acceptors (Lipinski definition) is 5. The monoisotopic (exact) mass is 292 g/mol. The lowest BCUT2D eigenvalue weighted by atomic mass is 9.98. The number of aliphatic hydroxyl groups is 3. The van der Waals surface area contributed by atoms with Gasteiger partial charge in [-0.15, -0.1) is 0 Å². The second-order valence-electron chi connectivity index (χ2n) is 5.96. The Kier molecular flexibility index (Phi) is 13.8. The van der Waals surface area contributed by atoms with Gasteiger partial charge in [0.1, 0.15) is 0 Å². The second kappa shape index (κ2) is 12.5. The summed E-state index contributed by atoms with van der Waals surface area (Å²) in [7, 11) is 0. The minimum atomic E-state index is -0.656. The predicted octanol–water partition coefficient (Wildman–Crippen LogP) is 1.01. The van der Waals surface area contributed by atoms with Crippen LogP contribution in [0.5, 0.6) is 0 Å². The van der Waals surface area contributed by atoms with E-state index in [-0.39, 0.29) is 6.61 Å². The summed E-state index contributed by atoms with van der Waals surface area (Å²) in [6.45, 7) is 9.67. The fourth-order valence-corrected chi connectivity index (χ4v) is 1.95. The molecule has 0 aromatic rings. The van der Waals surface area contributed by atoms with E-state index in [0.29, 0.717) is 19.6 Å². The van der Waals surface area contributed by atoms with Gasteiger partial charge in [0.2, 0.25) is 0 Å². The molecule has 0 aliphatic carbocycles. The number of nitrogens with two attached hydrogens (primary N) is 1. The molecule has 0 aromatic carbocycles. The first-order chi connectivity index (χ1) is 9.24. The molecule has 5 nitrogen and oxygen atoms in total. The van der Waals surface area contributed by atoms with Crippen molar-refractivity contribution in [2.45, 2.75) is 71.0 Å². The van der Waals surface area contributed by atoms with Crippen molar-refractivity contribution in [2.75, 3.05) is 26.2 Å². The highest BCUT2D eigenvalue weighted by Gasteiger charge is 2.22. The third kappa shape index (κ3) is 15.9. The van der Waals surface area contributed by atoms with Crippen LogP contribution in [0.15, 0.2) is 0 Å². The summed E-state index contributed by atoms with van der Waals surface area (Å²) >= 11 is 0. The molecule has 0 aliphatic rings. The highest BCUT2D eigenvalue weighted by atomic mass is 16.3. The first-order valence-corrected chi connectivity index (χ1v) is 7.71. The van der Waals surface area contributed by atoms with E-state index in [2.05, 4.69) is 19.2 Å². The van der Waals surface area contributed by atoms with Crippen LogP contribution in [-0.2, 0) is 0 Å². The van der Waals surface area contributed by atoms with Gasteiger partial charge in [0, 0.05) is 19.7 Å². The molecule has 0 saturated carbocycles. The topological polar surface area (TPSA) is 98.7 Å². The SMILES string of the molecule is CCCC(C)(O)CNCC(C)(O)CCC.NCCCO. The van der Waals surface area contributed by atoms with Gasteiger partial charge in [-0.1, -0.05) is 26.7 Å². The molecule has 0 rings (SSSR count). The first kappa shape index (κ1) is 22.1. The summed E-state index contributed by atoms with van der Waals surface area (Å²) in [4.78, 5) is 0. The average Bonchev–Trinajstić information content (AvgIpc) is 2.29. The molecule has 0 aliphatic heterocycles. The van der Waals surface area contributed by atoms with Gasteiger partial charge in [-0.3, -0.25) is 0 Å². The van der Waals surface area contributed by atoms with E-state index in [4.69, 9.17) is 10.8 Å². The van der Waals surface area contributed by atoms with E-state index in [0.717, 1.165) is 32.1 Å². The lowest BCUT2D eigenvalue weighted by Crippen LogP contribution is -2.44. The molecule has 124 valence electrons. The van der Waals surface area contributed by atoms with Crippen LogP contribution in [0.25, 0.3) is 0 Å². The van der Waals surface area contributed by atoms with Crippen LogP contribution in [-0.4, -0.2) is 52.8 Å². The fraction of sp³-hybridized carbons (Fsp3) is 1.00. The molecule has 6 N–H and O–H groups in total. The Bertz CT molecular complexity index is 189.